The topological polar surface area (TPSA) is 69.2 Å². The Morgan fingerprint density at radius 3 is 2.38 bits per heavy atom. The van der Waals surface area contributed by atoms with Gasteiger partial charge in [-0.25, -0.2) is 0 Å². The standard InChI is InChI=1S/C8H6ClF3N2O2/c1-3-2-4(14(15)16)5(8(10,11)12)6(9)7(3)13/h2H,13H2,1H3. The van der Waals surface area contributed by atoms with Crippen molar-refractivity contribution in [1.29, 1.82) is 0 Å². The molecule has 0 aromatic heterocycles. The van der Waals surface area contributed by atoms with Gasteiger partial charge in [-0.1, -0.05) is 11.6 Å². The van der Waals surface area contributed by atoms with E-state index in [9.17, 15) is 23.3 Å². The number of nitrogens with two attached hydrogens (primary N) is 1. The zero-order valence-electron chi connectivity index (χ0n) is 7.93. The molecule has 1 rings (SSSR count). The lowest BCUT2D eigenvalue weighted by Gasteiger charge is -2.12. The predicted octanol–water partition coefficient (Wildman–Crippen LogP) is 3.16. The molecular weight excluding hydrogens is 249 g/mol. The summed E-state index contributed by atoms with van der Waals surface area (Å²) in [7, 11) is 0. The minimum atomic E-state index is -4.92. The number of alkyl halides is 3. The molecule has 16 heavy (non-hydrogen) atoms. The molecule has 0 aliphatic rings. The SMILES string of the molecule is Cc1cc([N+](=O)[O-])c(C(F)(F)F)c(Cl)c1N. The number of nitrogen functional groups attached to an aromatic ring is 1. The maximum absolute atomic E-state index is 12.5. The van der Waals surface area contributed by atoms with Gasteiger partial charge >= 0.3 is 6.18 Å². The molecule has 0 fully saturated rings. The van der Waals surface area contributed by atoms with Crippen molar-refractivity contribution in [3.63, 3.8) is 0 Å². The van der Waals surface area contributed by atoms with E-state index in [0.717, 1.165) is 6.07 Å². The van der Waals surface area contributed by atoms with Crippen molar-refractivity contribution in [2.75, 3.05) is 5.73 Å². The van der Waals surface area contributed by atoms with Gasteiger partial charge < -0.3 is 5.73 Å². The Balaban J connectivity index is 3.68. The van der Waals surface area contributed by atoms with Gasteiger partial charge in [-0.15, -0.1) is 0 Å². The summed E-state index contributed by atoms with van der Waals surface area (Å²) in [6.07, 6.45) is -4.92. The summed E-state index contributed by atoms with van der Waals surface area (Å²) in [5, 5.41) is 9.66. The number of aryl methyl sites for hydroxylation is 1. The van der Waals surface area contributed by atoms with Gasteiger partial charge in [0.1, 0.15) is 0 Å². The van der Waals surface area contributed by atoms with Crippen LogP contribution in [0.25, 0.3) is 0 Å². The predicted molar refractivity (Wildman–Crippen MR) is 52.3 cm³/mol. The van der Waals surface area contributed by atoms with Crippen LogP contribution in [-0.4, -0.2) is 4.92 Å². The third kappa shape index (κ3) is 2.04. The van der Waals surface area contributed by atoms with Gasteiger partial charge in [0.15, 0.2) is 5.56 Å². The Kier molecular flexibility index (Phi) is 3.00. The van der Waals surface area contributed by atoms with Gasteiger partial charge in [0.25, 0.3) is 5.69 Å². The van der Waals surface area contributed by atoms with E-state index in [0.29, 0.717) is 0 Å². The summed E-state index contributed by atoms with van der Waals surface area (Å²) in [6.45, 7) is 1.34. The maximum atomic E-state index is 12.5. The summed E-state index contributed by atoms with van der Waals surface area (Å²) >= 11 is 5.38. The number of halogens is 4. The van der Waals surface area contributed by atoms with Crippen LogP contribution in [0.4, 0.5) is 24.5 Å². The number of hydrogen-bond donors (Lipinski definition) is 1. The molecule has 0 aliphatic carbocycles. The van der Waals surface area contributed by atoms with Gasteiger partial charge in [0.2, 0.25) is 0 Å². The molecule has 0 unspecified atom stereocenters. The highest BCUT2D eigenvalue weighted by molar-refractivity contribution is 6.34. The Morgan fingerprint density at radius 1 is 1.50 bits per heavy atom. The van der Waals surface area contributed by atoms with Crippen molar-refractivity contribution in [2.45, 2.75) is 13.1 Å². The molecule has 1 aromatic rings. The van der Waals surface area contributed by atoms with Crippen LogP contribution in [0.1, 0.15) is 11.1 Å². The third-order valence-electron chi connectivity index (χ3n) is 1.97. The molecule has 2 N–H and O–H groups in total. The molecule has 1 aromatic carbocycles. The molecule has 88 valence electrons. The Hall–Kier alpha value is -1.50. The fraction of sp³-hybridized carbons (Fsp3) is 0.250. The minimum absolute atomic E-state index is 0.129. The van der Waals surface area contributed by atoms with Gasteiger partial charge in [0.05, 0.1) is 15.6 Å². The van der Waals surface area contributed by atoms with E-state index in [1.165, 1.54) is 6.92 Å². The maximum Gasteiger partial charge on any atom is 0.424 e. The zero-order valence-corrected chi connectivity index (χ0v) is 8.69. The summed E-state index contributed by atoms with van der Waals surface area (Å²) in [5.74, 6) is 0. The molecular formula is C8H6ClF3N2O2. The highest BCUT2D eigenvalue weighted by Crippen LogP contribution is 2.44. The molecule has 0 bridgehead atoms. The van der Waals surface area contributed by atoms with Crippen LogP contribution in [0.15, 0.2) is 6.07 Å². The number of hydrogen-bond acceptors (Lipinski definition) is 3. The molecule has 8 heteroatoms. The van der Waals surface area contributed by atoms with Crippen LogP contribution in [0.3, 0.4) is 0 Å². The third-order valence-corrected chi connectivity index (χ3v) is 2.36. The molecule has 0 saturated heterocycles. The molecule has 0 amide bonds. The van der Waals surface area contributed by atoms with E-state index in [1.807, 2.05) is 0 Å². The van der Waals surface area contributed by atoms with Crippen LogP contribution in [0, 0.1) is 17.0 Å². The average Bonchev–Trinajstić information content (AvgIpc) is 2.10. The Labute approximate surface area is 93.0 Å². The summed E-state index contributed by atoms with van der Waals surface area (Å²) < 4.78 is 37.6. The first-order valence-corrected chi connectivity index (χ1v) is 4.34. The van der Waals surface area contributed by atoms with Crippen molar-refractivity contribution in [3.05, 3.63) is 32.3 Å². The second-order valence-corrected chi connectivity index (χ2v) is 3.45. The van der Waals surface area contributed by atoms with Gasteiger partial charge in [-0.2, -0.15) is 13.2 Å². The second-order valence-electron chi connectivity index (χ2n) is 3.07. The minimum Gasteiger partial charge on any atom is -0.397 e. The van der Waals surface area contributed by atoms with E-state index >= 15 is 0 Å². The smallest absolute Gasteiger partial charge is 0.397 e. The highest BCUT2D eigenvalue weighted by Gasteiger charge is 2.42. The first kappa shape index (κ1) is 12.6. The Morgan fingerprint density at radius 2 is 2.00 bits per heavy atom. The summed E-state index contributed by atoms with van der Waals surface area (Å²) in [6, 6.07) is 0.754. The van der Waals surface area contributed by atoms with Crippen LogP contribution in [-0.2, 0) is 6.18 Å². The van der Waals surface area contributed by atoms with Crippen molar-refractivity contribution < 1.29 is 18.1 Å². The Bertz CT molecular complexity index is 460. The number of nitrogens with zero attached hydrogens (tertiary/aromatic N) is 1. The monoisotopic (exact) mass is 254 g/mol. The first-order valence-electron chi connectivity index (χ1n) is 3.96. The molecule has 0 atom stereocenters. The second kappa shape index (κ2) is 3.82. The number of nitro groups is 1. The lowest BCUT2D eigenvalue weighted by atomic mass is 10.1. The van der Waals surface area contributed by atoms with Crippen LogP contribution in [0.2, 0.25) is 5.02 Å². The van der Waals surface area contributed by atoms with E-state index in [1.54, 1.807) is 0 Å². The van der Waals surface area contributed by atoms with E-state index in [4.69, 9.17) is 17.3 Å². The first-order chi connectivity index (χ1) is 7.16. The van der Waals surface area contributed by atoms with Crippen molar-refractivity contribution in [2.24, 2.45) is 0 Å². The van der Waals surface area contributed by atoms with Crippen molar-refractivity contribution >= 4 is 23.0 Å². The molecule has 0 saturated carbocycles. The van der Waals surface area contributed by atoms with Crippen LogP contribution < -0.4 is 5.73 Å². The molecule has 0 aliphatic heterocycles. The van der Waals surface area contributed by atoms with Crippen LogP contribution >= 0.6 is 11.6 Å². The fourth-order valence-electron chi connectivity index (χ4n) is 1.19. The van der Waals surface area contributed by atoms with Gasteiger partial charge in [-0.3, -0.25) is 10.1 Å². The lowest BCUT2D eigenvalue weighted by Crippen LogP contribution is -2.12. The highest BCUT2D eigenvalue weighted by atomic mass is 35.5. The summed E-state index contributed by atoms with van der Waals surface area (Å²) in [5.41, 5.74) is 2.51. The number of anilines is 1. The number of benzene rings is 1. The average molecular weight is 255 g/mol. The summed E-state index contributed by atoms with van der Waals surface area (Å²) in [4.78, 5) is 9.35. The van der Waals surface area contributed by atoms with Crippen molar-refractivity contribution in [3.8, 4) is 0 Å². The van der Waals surface area contributed by atoms with E-state index in [2.05, 4.69) is 0 Å². The zero-order chi connectivity index (χ0) is 12.7. The lowest BCUT2D eigenvalue weighted by molar-refractivity contribution is -0.388. The molecule has 0 spiro atoms. The van der Waals surface area contributed by atoms with Gasteiger partial charge in [-0.05, 0) is 12.5 Å². The van der Waals surface area contributed by atoms with E-state index < -0.39 is 27.4 Å². The number of nitro benzene ring substituents is 1. The molecule has 4 nitrogen and oxygen atoms in total. The normalized spacial score (nSPS) is 11.6. The van der Waals surface area contributed by atoms with E-state index in [-0.39, 0.29) is 11.3 Å². The number of rotatable bonds is 1. The van der Waals surface area contributed by atoms with Crippen molar-refractivity contribution in [1.82, 2.24) is 0 Å². The fourth-order valence-corrected chi connectivity index (χ4v) is 1.54. The van der Waals surface area contributed by atoms with Crippen LogP contribution in [0.5, 0.6) is 0 Å². The largest absolute Gasteiger partial charge is 0.424 e. The molecule has 0 heterocycles. The van der Waals surface area contributed by atoms with Gasteiger partial charge in [0, 0.05) is 6.07 Å². The molecule has 0 radical (unpaired) electrons. The quantitative estimate of drug-likeness (QED) is 0.475.